The van der Waals surface area contributed by atoms with E-state index in [-0.39, 0.29) is 219 Å². The van der Waals surface area contributed by atoms with E-state index in [4.69, 9.17) is 90.4 Å². The minimum Gasteiger partial charge on any atom is -0.396 e. The van der Waals surface area contributed by atoms with Crippen LogP contribution in [0.3, 0.4) is 0 Å². The predicted octanol–water partition coefficient (Wildman–Crippen LogP) is 11.3. The van der Waals surface area contributed by atoms with E-state index >= 15 is 0 Å². The summed E-state index contributed by atoms with van der Waals surface area (Å²) >= 11 is 0. The van der Waals surface area contributed by atoms with Crippen LogP contribution in [0.2, 0.25) is 0 Å². The van der Waals surface area contributed by atoms with Crippen LogP contribution in [0, 0.1) is 106 Å². The zero-order chi connectivity index (χ0) is 82.6. The summed E-state index contributed by atoms with van der Waals surface area (Å²) in [5, 5.41) is 162. The fourth-order valence-electron chi connectivity index (χ4n) is 20.2. The second-order valence-electron chi connectivity index (χ2n) is 36.6. The van der Waals surface area contributed by atoms with E-state index in [2.05, 4.69) is 13.8 Å². The minimum absolute atomic E-state index is 0. The van der Waals surface area contributed by atoms with Gasteiger partial charge in [-0.1, -0.05) is 112 Å². The molecule has 22 nitrogen and oxygen atoms in total. The van der Waals surface area contributed by atoms with Crippen molar-refractivity contribution in [3.63, 3.8) is 0 Å². The first-order valence-electron chi connectivity index (χ1n) is 44.9. The fourth-order valence-corrected chi connectivity index (χ4v) is 20.2. The third kappa shape index (κ3) is 55.1. The Bertz CT molecular complexity index is 1990. The summed E-state index contributed by atoms with van der Waals surface area (Å²) in [5.74, 6) is 9.69. The molecule has 14 atom stereocenters. The Kier molecular flexibility index (Phi) is 95.4. The molecule has 10 aliphatic carbocycles. The van der Waals surface area contributed by atoms with Gasteiger partial charge in [-0.05, 0) is 263 Å². The average molecular weight is 1910 g/mol. The van der Waals surface area contributed by atoms with E-state index in [0.717, 1.165) is 182 Å². The van der Waals surface area contributed by atoms with Crippen LogP contribution in [0.25, 0.3) is 0 Å². The lowest BCUT2D eigenvalue weighted by atomic mass is 9.51. The number of rotatable bonds is 28. The number of aliphatic hydroxyl groups is 18. The molecule has 0 aromatic carbocycles. The van der Waals surface area contributed by atoms with Gasteiger partial charge in [-0.3, -0.25) is 0 Å². The molecule has 10 rings (SSSR count). The van der Waals surface area contributed by atoms with Crippen LogP contribution in [-0.2, 0) is 18.9 Å². The van der Waals surface area contributed by atoms with Gasteiger partial charge in [-0.15, -0.1) is 0 Å². The molecule has 10 aliphatic rings. The number of hydrogen-bond donors (Lipinski definition) is 18. The lowest BCUT2D eigenvalue weighted by Crippen LogP contribution is -2.67. The molecule has 0 aromatic rings. The van der Waals surface area contributed by atoms with Crippen LogP contribution in [0.4, 0.5) is 0 Å². The summed E-state index contributed by atoms with van der Waals surface area (Å²) in [6.45, 7) is 16.9. The zero-order valence-corrected chi connectivity index (χ0v) is 84.9. The highest BCUT2D eigenvalue weighted by molar-refractivity contribution is 7.60. The van der Waals surface area contributed by atoms with Crippen molar-refractivity contribution in [1.29, 1.82) is 0 Å². The highest BCUT2D eigenvalue weighted by atomic mass is 32.1. The maximum absolute atomic E-state index is 9.51. The Hall–Kier alpha value is 2.27. The molecule has 10 saturated carbocycles. The fraction of sp³-hybridized carbons (Fsp3) is 1.00. The van der Waals surface area contributed by atoms with Crippen LogP contribution in [0.5, 0.6) is 0 Å². The first kappa shape index (κ1) is 138. The van der Waals surface area contributed by atoms with Crippen molar-refractivity contribution < 1.29 is 111 Å². The van der Waals surface area contributed by atoms with E-state index in [1.165, 1.54) is 116 Å². The molecule has 0 amide bonds. The molecule has 0 radical (unpaired) electrons. The van der Waals surface area contributed by atoms with Crippen LogP contribution in [-0.4, -0.2) is 261 Å². The molecule has 0 aromatic heterocycles. The van der Waals surface area contributed by atoms with Crippen molar-refractivity contribution in [1.82, 2.24) is 0 Å². The number of aliphatic hydroxyl groups excluding tert-OH is 18. The normalized spacial score (nSPS) is 33.0. The highest BCUT2D eigenvalue weighted by Gasteiger charge is 2.60. The van der Waals surface area contributed by atoms with Crippen molar-refractivity contribution in [2.45, 2.75) is 341 Å². The van der Waals surface area contributed by atoms with E-state index in [1.807, 2.05) is 27.7 Å². The van der Waals surface area contributed by atoms with Crippen molar-refractivity contribution in [3.8, 4) is 0 Å². The van der Waals surface area contributed by atoms with Gasteiger partial charge >= 0.3 is 0 Å². The molecule has 736 valence electrons. The van der Waals surface area contributed by atoms with Crippen molar-refractivity contribution in [2.75, 3.05) is 120 Å². The third-order valence-electron chi connectivity index (χ3n) is 27.8. The predicted molar refractivity (Wildman–Crippen MR) is 533 cm³/mol. The van der Waals surface area contributed by atoms with Gasteiger partial charge < -0.3 is 111 Å². The van der Waals surface area contributed by atoms with Gasteiger partial charge in [-0.2, -0.15) is 121 Å². The summed E-state index contributed by atoms with van der Waals surface area (Å²) < 4.78 is 21.4. The zero-order valence-electron chi connectivity index (χ0n) is 75.9. The molecular formula is C89H194O22S9. The van der Waals surface area contributed by atoms with Gasteiger partial charge in [-0.25, -0.2) is 0 Å². The molecule has 0 spiro atoms. The quantitative estimate of drug-likeness (QED) is 0.0346. The Labute approximate surface area is 792 Å². The lowest BCUT2D eigenvalue weighted by molar-refractivity contribution is -0.247. The number of hydrogen-bond acceptors (Lipinski definition) is 22. The number of ether oxygens (including phenoxy) is 4. The molecule has 31 heteroatoms. The summed E-state index contributed by atoms with van der Waals surface area (Å²) in [7, 11) is 3.30. The van der Waals surface area contributed by atoms with Gasteiger partial charge in [0.05, 0.1) is 75.3 Å². The van der Waals surface area contributed by atoms with Gasteiger partial charge in [0.2, 0.25) is 0 Å². The van der Waals surface area contributed by atoms with Gasteiger partial charge in [0.1, 0.15) is 0 Å². The largest absolute Gasteiger partial charge is 0.396 e. The van der Waals surface area contributed by atoms with Crippen LogP contribution < -0.4 is 0 Å². The van der Waals surface area contributed by atoms with Crippen LogP contribution in [0.1, 0.15) is 292 Å². The summed E-state index contributed by atoms with van der Waals surface area (Å²) in [5.41, 5.74) is -0.632. The Morgan fingerprint density at radius 2 is 0.533 bits per heavy atom. The first-order valence-corrected chi connectivity index (χ1v) is 44.9. The maximum atomic E-state index is 9.51. The minimum atomic E-state index is -0.380. The molecule has 120 heavy (non-hydrogen) atoms. The Balaban J connectivity index is -0.000000197. The van der Waals surface area contributed by atoms with E-state index in [9.17, 15) is 20.4 Å². The molecule has 0 saturated heterocycles. The first-order chi connectivity index (χ1) is 53.4. The average Bonchev–Trinajstić information content (AvgIpc) is 0.725. The van der Waals surface area contributed by atoms with Crippen molar-refractivity contribution >= 4 is 121 Å². The highest BCUT2D eigenvalue weighted by Crippen LogP contribution is 2.54. The van der Waals surface area contributed by atoms with Crippen LogP contribution in [0.15, 0.2) is 0 Å². The van der Waals surface area contributed by atoms with E-state index in [1.54, 1.807) is 14.2 Å². The topological polar surface area (TPSA) is 401 Å². The molecule has 0 heterocycles. The summed E-state index contributed by atoms with van der Waals surface area (Å²) in [6, 6.07) is 0. The smallest absolute Gasteiger partial charge is 0.0701 e. The Morgan fingerprint density at radius 3 is 0.833 bits per heavy atom. The summed E-state index contributed by atoms with van der Waals surface area (Å²) in [4.78, 5) is 0. The van der Waals surface area contributed by atoms with Gasteiger partial charge in [0, 0.05) is 116 Å². The number of methoxy groups -OCH3 is 2. The van der Waals surface area contributed by atoms with Crippen molar-refractivity contribution in [3.05, 3.63) is 0 Å². The monoisotopic (exact) mass is 1900 g/mol. The SMILES string of the molecule is CC1(C)C(O)C(C)(C)C1O.CCC1CC(CC2CCC(CO)CC2CC)CCC1CO.COC1CC(CO)C(OC)CC1CO.OC1CCC(O)CC1.OCC1CCC(CO)CC1.OCC1CCCC(CO)C1.OCCC1CCC(CCO)CC1.OCCC1CCCC(CCO)C1.OCCOC1CCC(OCCO)CC1.S.S.S.S.S.S.S.S.S. The van der Waals surface area contributed by atoms with Crippen molar-refractivity contribution in [2.24, 2.45) is 106 Å². The standard InChI is InChI=1S/C19H36O2.2C10H20O4.2C10H20O2.3C8H16O2.C6H12O2.9H2S/c1-3-16-11-15(12-20)6-7-18(16)10-14-5-8-19(13-21)17(4-2)9-14;1-13-9-3-8(6-12)10(14-2)4-7(9)5-11;11-5-7-13-9-1-2-10(4-3-9)14-8-6-12;11-7-5-9-1-2-10(4-3-9)6-8-12;11-6-4-9-2-1-3-10(8-9)5-7-12;1-7(2)5(9)8(3,4)6(7)10;9-5-7-1-2-8(6-10)4-3-7;9-5-7-2-1-3-8(4-7)6-10;7-5-1-2-6(8)4-3-5;;;;;;;;;/h14-21H,3-13H2,1-2H3;7-12H,3-6H2,1-2H3;9-12H,1-8H2;2*9-12H,1-8H2;5-6,9-10H,1-4H3;2*7-10H,1-6H2;5-8H,1-4H2;9*1H2. The van der Waals surface area contributed by atoms with Gasteiger partial charge in [0.25, 0.3) is 0 Å². The lowest BCUT2D eigenvalue weighted by Gasteiger charge is -2.59. The molecule has 18 N–H and O–H groups in total. The molecule has 14 unspecified atom stereocenters. The molecule has 0 bridgehead atoms. The molecule has 10 fully saturated rings. The van der Waals surface area contributed by atoms with E-state index in [0.29, 0.717) is 115 Å². The Morgan fingerprint density at radius 1 is 0.258 bits per heavy atom. The second-order valence-corrected chi connectivity index (χ2v) is 36.6. The summed E-state index contributed by atoms with van der Waals surface area (Å²) in [6.07, 6.45) is 42.8. The van der Waals surface area contributed by atoms with E-state index < -0.39 is 0 Å². The molecule has 0 aliphatic heterocycles. The third-order valence-corrected chi connectivity index (χ3v) is 27.8. The maximum Gasteiger partial charge on any atom is 0.0701 e. The van der Waals surface area contributed by atoms with Gasteiger partial charge in [0.15, 0.2) is 0 Å². The second kappa shape index (κ2) is 83.1. The van der Waals surface area contributed by atoms with Crippen LogP contribution >= 0.6 is 121 Å². The molecular weight excluding hydrogens is 1710 g/mol.